The van der Waals surface area contributed by atoms with E-state index in [4.69, 9.17) is 4.74 Å². The molecule has 2 aliphatic rings. The molecule has 1 heterocycles. The quantitative estimate of drug-likeness (QED) is 0.690. The van der Waals surface area contributed by atoms with E-state index in [-0.39, 0.29) is 11.6 Å². The van der Waals surface area contributed by atoms with Crippen LogP contribution in [-0.4, -0.2) is 28.8 Å². The highest BCUT2D eigenvalue weighted by molar-refractivity contribution is 5.69. The summed E-state index contributed by atoms with van der Waals surface area (Å²) in [6.07, 6.45) is 5.51. The molecule has 0 atom stereocenters. The molecule has 2 rings (SSSR count). The first kappa shape index (κ1) is 11.7. The Morgan fingerprint density at radius 3 is 2.44 bits per heavy atom. The number of amides is 1. The van der Waals surface area contributed by atoms with Crippen LogP contribution in [0.3, 0.4) is 0 Å². The average Bonchev–Trinajstić information content (AvgIpc) is 2.74. The zero-order chi connectivity index (χ0) is 11.8. The zero-order valence-electron chi connectivity index (χ0n) is 10.5. The van der Waals surface area contributed by atoms with Crippen molar-refractivity contribution in [3.63, 3.8) is 0 Å². The first-order chi connectivity index (χ1) is 7.43. The summed E-state index contributed by atoms with van der Waals surface area (Å²) in [6, 6.07) is 0. The molecule has 0 unspecified atom stereocenters. The molecule has 1 aliphatic carbocycles. The van der Waals surface area contributed by atoms with Crippen LogP contribution < -0.4 is 5.43 Å². The van der Waals surface area contributed by atoms with Crippen molar-refractivity contribution >= 4 is 6.09 Å². The molecule has 0 radical (unpaired) electrons. The van der Waals surface area contributed by atoms with Crippen molar-refractivity contribution in [3.8, 4) is 0 Å². The minimum atomic E-state index is -0.416. The Morgan fingerprint density at radius 2 is 1.88 bits per heavy atom. The second-order valence-corrected chi connectivity index (χ2v) is 5.91. The minimum absolute atomic E-state index is 0.0440. The summed E-state index contributed by atoms with van der Waals surface area (Å²) >= 11 is 0. The number of nitrogens with one attached hydrogen (secondary N) is 1. The molecular formula is C12H22N2O2. The van der Waals surface area contributed by atoms with Gasteiger partial charge in [-0.3, -0.25) is 0 Å². The van der Waals surface area contributed by atoms with Gasteiger partial charge in [0.05, 0.1) is 5.54 Å². The molecule has 4 heteroatoms. The minimum Gasteiger partial charge on any atom is -0.443 e. The Balaban J connectivity index is 2.05. The van der Waals surface area contributed by atoms with Crippen molar-refractivity contribution in [2.45, 2.75) is 64.0 Å². The van der Waals surface area contributed by atoms with Gasteiger partial charge in [0.1, 0.15) is 5.60 Å². The van der Waals surface area contributed by atoms with Gasteiger partial charge in [0.2, 0.25) is 0 Å². The lowest BCUT2D eigenvalue weighted by molar-refractivity contribution is -0.00416. The van der Waals surface area contributed by atoms with E-state index in [0.717, 1.165) is 25.8 Å². The molecule has 1 saturated heterocycles. The predicted molar refractivity (Wildman–Crippen MR) is 61.9 cm³/mol. The molecule has 0 aromatic heterocycles. The number of hydrazine groups is 1. The van der Waals surface area contributed by atoms with Crippen LogP contribution in [0, 0.1) is 0 Å². The molecule has 4 nitrogen and oxygen atoms in total. The van der Waals surface area contributed by atoms with Crippen LogP contribution in [0.5, 0.6) is 0 Å². The van der Waals surface area contributed by atoms with E-state index in [9.17, 15) is 4.79 Å². The highest BCUT2D eigenvalue weighted by Crippen LogP contribution is 2.40. The molecule has 1 spiro atoms. The summed E-state index contributed by atoms with van der Waals surface area (Å²) in [5.74, 6) is 0. The first-order valence-electron chi connectivity index (χ1n) is 6.20. The standard InChI is InChI=1S/C12H22N2O2/c1-11(2,3)16-10(15)14-12(8-9-13-14)6-4-5-7-12/h13H,4-9H2,1-3H3. The molecule has 16 heavy (non-hydrogen) atoms. The molecule has 0 aromatic rings. The molecule has 1 N–H and O–H groups in total. The summed E-state index contributed by atoms with van der Waals surface area (Å²) in [7, 11) is 0. The van der Waals surface area contributed by atoms with E-state index >= 15 is 0 Å². The van der Waals surface area contributed by atoms with Crippen molar-refractivity contribution in [2.24, 2.45) is 0 Å². The Bertz CT molecular complexity index is 272. The van der Waals surface area contributed by atoms with Crippen LogP contribution in [0.25, 0.3) is 0 Å². The number of carbonyl (C=O) groups excluding carboxylic acids is 1. The van der Waals surface area contributed by atoms with E-state index in [0.29, 0.717) is 0 Å². The maximum absolute atomic E-state index is 12.1. The Morgan fingerprint density at radius 1 is 1.25 bits per heavy atom. The van der Waals surface area contributed by atoms with Crippen molar-refractivity contribution in [1.29, 1.82) is 0 Å². The smallest absolute Gasteiger partial charge is 0.425 e. The normalized spacial score (nSPS) is 24.1. The molecule has 1 aliphatic heterocycles. The summed E-state index contributed by atoms with van der Waals surface area (Å²) in [5, 5.41) is 1.76. The summed E-state index contributed by atoms with van der Waals surface area (Å²) < 4.78 is 5.43. The zero-order valence-corrected chi connectivity index (χ0v) is 10.5. The number of nitrogens with zero attached hydrogens (tertiary/aromatic N) is 1. The van der Waals surface area contributed by atoms with Gasteiger partial charge in [-0.25, -0.2) is 15.2 Å². The highest BCUT2D eigenvalue weighted by Gasteiger charge is 2.47. The van der Waals surface area contributed by atoms with E-state index in [1.54, 1.807) is 5.01 Å². The second kappa shape index (κ2) is 3.91. The van der Waals surface area contributed by atoms with Gasteiger partial charge in [0.25, 0.3) is 0 Å². The topological polar surface area (TPSA) is 41.6 Å². The largest absolute Gasteiger partial charge is 0.443 e. The van der Waals surface area contributed by atoms with Crippen molar-refractivity contribution in [3.05, 3.63) is 0 Å². The van der Waals surface area contributed by atoms with Crippen LogP contribution in [0.15, 0.2) is 0 Å². The lowest BCUT2D eigenvalue weighted by atomic mass is 9.95. The van der Waals surface area contributed by atoms with Gasteiger partial charge >= 0.3 is 6.09 Å². The van der Waals surface area contributed by atoms with E-state index in [1.165, 1.54) is 12.8 Å². The van der Waals surface area contributed by atoms with E-state index in [1.807, 2.05) is 20.8 Å². The maximum atomic E-state index is 12.1. The van der Waals surface area contributed by atoms with Gasteiger partial charge in [-0.1, -0.05) is 12.8 Å². The van der Waals surface area contributed by atoms with Gasteiger partial charge in [0.15, 0.2) is 0 Å². The SMILES string of the molecule is CC(C)(C)OC(=O)N1NCCC12CCCC2. The molecule has 2 fully saturated rings. The lowest BCUT2D eigenvalue weighted by Gasteiger charge is -2.35. The molecule has 1 saturated carbocycles. The van der Waals surface area contributed by atoms with E-state index < -0.39 is 5.60 Å². The van der Waals surface area contributed by atoms with Crippen LogP contribution in [-0.2, 0) is 4.74 Å². The second-order valence-electron chi connectivity index (χ2n) is 5.91. The maximum Gasteiger partial charge on any atom is 0.425 e. The van der Waals surface area contributed by atoms with Crippen LogP contribution in [0.2, 0.25) is 0 Å². The van der Waals surface area contributed by atoms with Crippen molar-refractivity contribution in [1.82, 2.24) is 10.4 Å². The number of hydrogen-bond donors (Lipinski definition) is 1. The third-order valence-electron chi connectivity index (χ3n) is 3.44. The van der Waals surface area contributed by atoms with Crippen LogP contribution >= 0.6 is 0 Å². The van der Waals surface area contributed by atoms with Crippen LogP contribution in [0.1, 0.15) is 52.9 Å². The third-order valence-corrected chi connectivity index (χ3v) is 3.44. The van der Waals surface area contributed by atoms with Crippen LogP contribution in [0.4, 0.5) is 4.79 Å². The van der Waals surface area contributed by atoms with Gasteiger partial charge in [-0.05, 0) is 40.0 Å². The molecule has 92 valence electrons. The van der Waals surface area contributed by atoms with Gasteiger partial charge in [-0.15, -0.1) is 0 Å². The molecule has 0 aromatic carbocycles. The highest BCUT2D eigenvalue weighted by atomic mass is 16.6. The number of carbonyl (C=O) groups is 1. The molecule has 1 amide bonds. The summed E-state index contributed by atoms with van der Waals surface area (Å²) in [5.41, 5.74) is 2.80. The average molecular weight is 226 g/mol. The van der Waals surface area contributed by atoms with Gasteiger partial charge in [0, 0.05) is 6.54 Å². The van der Waals surface area contributed by atoms with Crippen molar-refractivity contribution < 1.29 is 9.53 Å². The molecule has 0 bridgehead atoms. The number of rotatable bonds is 0. The number of hydrogen-bond acceptors (Lipinski definition) is 3. The lowest BCUT2D eigenvalue weighted by Crippen LogP contribution is -2.51. The fraction of sp³-hybridized carbons (Fsp3) is 0.917. The Hall–Kier alpha value is -0.770. The fourth-order valence-corrected chi connectivity index (χ4v) is 2.75. The van der Waals surface area contributed by atoms with E-state index in [2.05, 4.69) is 5.43 Å². The van der Waals surface area contributed by atoms with Gasteiger partial charge in [-0.2, -0.15) is 0 Å². The predicted octanol–water partition coefficient (Wildman–Crippen LogP) is 2.44. The monoisotopic (exact) mass is 226 g/mol. The number of ether oxygens (including phenoxy) is 1. The summed E-state index contributed by atoms with van der Waals surface area (Å²) in [6.45, 7) is 6.60. The van der Waals surface area contributed by atoms with Crippen molar-refractivity contribution in [2.75, 3.05) is 6.54 Å². The Kier molecular flexibility index (Phi) is 2.86. The third kappa shape index (κ3) is 2.17. The first-order valence-corrected chi connectivity index (χ1v) is 6.20. The molecular weight excluding hydrogens is 204 g/mol. The Labute approximate surface area is 97.3 Å². The van der Waals surface area contributed by atoms with Gasteiger partial charge < -0.3 is 4.74 Å². The fourth-order valence-electron chi connectivity index (χ4n) is 2.75. The summed E-state index contributed by atoms with van der Waals surface area (Å²) in [4.78, 5) is 12.1.